The monoisotopic (exact) mass is 430 g/mol. The van der Waals surface area contributed by atoms with Crippen molar-refractivity contribution in [3.63, 3.8) is 0 Å². The standard InChI is InChI=1S/C20H15ClN2O5S/c1-2-29(25,26)13-6-8-17-16(11-13)23-20(28-17)12-5-7-14(21)15(10-12)22-19(24)18-4-3-9-27-18/h3-11H,2H2,1H3,(H,22,24). The Hall–Kier alpha value is -3.10. The highest BCUT2D eigenvalue weighted by molar-refractivity contribution is 7.91. The number of oxazole rings is 1. The smallest absolute Gasteiger partial charge is 0.291 e. The van der Waals surface area contributed by atoms with Crippen LogP contribution in [0.3, 0.4) is 0 Å². The van der Waals surface area contributed by atoms with Crippen LogP contribution in [0.4, 0.5) is 5.69 Å². The summed E-state index contributed by atoms with van der Waals surface area (Å²) >= 11 is 6.19. The van der Waals surface area contributed by atoms with Crippen molar-refractivity contribution in [2.45, 2.75) is 11.8 Å². The summed E-state index contributed by atoms with van der Waals surface area (Å²) in [6, 6.07) is 12.6. The number of amides is 1. The number of nitrogens with one attached hydrogen (secondary N) is 1. The zero-order valence-electron chi connectivity index (χ0n) is 15.2. The van der Waals surface area contributed by atoms with E-state index in [0.717, 1.165) is 0 Å². The van der Waals surface area contributed by atoms with Crippen molar-refractivity contribution in [2.75, 3.05) is 11.1 Å². The van der Waals surface area contributed by atoms with Gasteiger partial charge in [0, 0.05) is 5.56 Å². The van der Waals surface area contributed by atoms with E-state index in [0.29, 0.717) is 27.4 Å². The number of furan rings is 1. The number of sulfone groups is 1. The Balaban J connectivity index is 1.69. The number of carbonyl (C=O) groups excluding carboxylic acids is 1. The van der Waals surface area contributed by atoms with Gasteiger partial charge >= 0.3 is 0 Å². The number of fused-ring (bicyclic) bond motifs is 1. The first-order valence-electron chi connectivity index (χ1n) is 8.65. The molecular weight excluding hydrogens is 416 g/mol. The van der Waals surface area contributed by atoms with Crippen LogP contribution in [0.5, 0.6) is 0 Å². The molecule has 148 valence electrons. The highest BCUT2D eigenvalue weighted by atomic mass is 35.5. The fourth-order valence-electron chi connectivity index (χ4n) is 2.74. The van der Waals surface area contributed by atoms with E-state index in [1.807, 2.05) is 0 Å². The molecule has 0 spiro atoms. The molecule has 0 aliphatic carbocycles. The fraction of sp³-hybridized carbons (Fsp3) is 0.100. The molecule has 0 radical (unpaired) electrons. The van der Waals surface area contributed by atoms with Gasteiger partial charge in [0.25, 0.3) is 5.91 Å². The number of hydrogen-bond donors (Lipinski definition) is 1. The van der Waals surface area contributed by atoms with E-state index in [9.17, 15) is 13.2 Å². The van der Waals surface area contributed by atoms with Gasteiger partial charge in [-0.1, -0.05) is 18.5 Å². The molecule has 2 aromatic heterocycles. The number of carbonyl (C=O) groups is 1. The molecule has 2 heterocycles. The van der Waals surface area contributed by atoms with Crippen LogP contribution >= 0.6 is 11.6 Å². The predicted octanol–water partition coefficient (Wildman–Crippen LogP) is 4.79. The third-order valence-electron chi connectivity index (χ3n) is 4.30. The minimum atomic E-state index is -3.35. The van der Waals surface area contributed by atoms with Crippen molar-refractivity contribution >= 4 is 44.1 Å². The van der Waals surface area contributed by atoms with Crippen LogP contribution in [-0.4, -0.2) is 25.1 Å². The number of anilines is 1. The molecule has 9 heteroatoms. The van der Waals surface area contributed by atoms with Crippen LogP contribution < -0.4 is 5.32 Å². The van der Waals surface area contributed by atoms with E-state index in [1.54, 1.807) is 37.3 Å². The number of rotatable bonds is 5. The van der Waals surface area contributed by atoms with Gasteiger partial charge in [-0.3, -0.25) is 4.79 Å². The maximum absolute atomic E-state index is 12.2. The first-order chi connectivity index (χ1) is 13.9. The van der Waals surface area contributed by atoms with Gasteiger partial charge in [0.15, 0.2) is 21.2 Å². The largest absolute Gasteiger partial charge is 0.459 e. The summed E-state index contributed by atoms with van der Waals surface area (Å²) in [7, 11) is -3.35. The van der Waals surface area contributed by atoms with Gasteiger partial charge in [0.05, 0.1) is 27.6 Å². The summed E-state index contributed by atoms with van der Waals surface area (Å²) in [5.74, 6) is -0.0192. The lowest BCUT2D eigenvalue weighted by atomic mass is 10.2. The SMILES string of the molecule is CCS(=O)(=O)c1ccc2oc(-c3ccc(Cl)c(NC(=O)c4ccco4)c3)nc2c1. The predicted molar refractivity (Wildman–Crippen MR) is 109 cm³/mol. The molecule has 0 fully saturated rings. The van der Waals surface area contributed by atoms with Crippen molar-refractivity contribution < 1.29 is 22.0 Å². The van der Waals surface area contributed by atoms with Gasteiger partial charge in [0.2, 0.25) is 5.89 Å². The molecule has 0 saturated heterocycles. The highest BCUT2D eigenvalue weighted by Crippen LogP contribution is 2.31. The second kappa shape index (κ2) is 7.38. The Bertz CT molecular complexity index is 1310. The first kappa shape index (κ1) is 19.2. The summed E-state index contributed by atoms with van der Waals surface area (Å²) in [4.78, 5) is 16.8. The fourth-order valence-corrected chi connectivity index (χ4v) is 3.80. The summed E-state index contributed by atoms with van der Waals surface area (Å²) in [5, 5.41) is 3.01. The lowest BCUT2D eigenvalue weighted by molar-refractivity contribution is 0.0996. The lowest BCUT2D eigenvalue weighted by Crippen LogP contribution is -2.11. The molecule has 0 bridgehead atoms. The molecule has 0 saturated carbocycles. The molecule has 4 aromatic rings. The number of hydrogen-bond acceptors (Lipinski definition) is 6. The van der Waals surface area contributed by atoms with Crippen molar-refractivity contribution in [2.24, 2.45) is 0 Å². The molecule has 0 aliphatic heterocycles. The quantitative estimate of drug-likeness (QED) is 0.488. The average Bonchev–Trinajstić information content (AvgIpc) is 3.38. The Kier molecular flexibility index (Phi) is 4.89. The molecule has 1 N–H and O–H groups in total. The number of nitrogens with zero attached hydrogens (tertiary/aromatic N) is 1. The van der Waals surface area contributed by atoms with E-state index < -0.39 is 15.7 Å². The van der Waals surface area contributed by atoms with Crippen LogP contribution in [-0.2, 0) is 9.84 Å². The zero-order chi connectivity index (χ0) is 20.6. The van der Waals surface area contributed by atoms with E-state index in [1.165, 1.54) is 24.5 Å². The van der Waals surface area contributed by atoms with Crippen molar-refractivity contribution in [3.8, 4) is 11.5 Å². The minimum Gasteiger partial charge on any atom is -0.459 e. The van der Waals surface area contributed by atoms with Gasteiger partial charge in [-0.05, 0) is 48.5 Å². The summed E-state index contributed by atoms with van der Waals surface area (Å²) in [6.07, 6.45) is 1.40. The first-order valence-corrected chi connectivity index (χ1v) is 10.7. The van der Waals surface area contributed by atoms with Crippen LogP contribution in [0.1, 0.15) is 17.5 Å². The van der Waals surface area contributed by atoms with E-state index in [2.05, 4.69) is 10.3 Å². The minimum absolute atomic E-state index is 0.000867. The maximum Gasteiger partial charge on any atom is 0.291 e. The van der Waals surface area contributed by atoms with Gasteiger partial charge in [-0.15, -0.1) is 0 Å². The van der Waals surface area contributed by atoms with E-state index >= 15 is 0 Å². The highest BCUT2D eigenvalue weighted by Gasteiger charge is 2.17. The van der Waals surface area contributed by atoms with Gasteiger partial charge in [-0.2, -0.15) is 0 Å². The Morgan fingerprint density at radius 1 is 1.17 bits per heavy atom. The Labute approximate surface area is 171 Å². The molecule has 2 aromatic carbocycles. The summed E-state index contributed by atoms with van der Waals surface area (Å²) in [6.45, 7) is 1.58. The van der Waals surface area contributed by atoms with Crippen LogP contribution in [0.2, 0.25) is 5.02 Å². The van der Waals surface area contributed by atoms with Crippen LogP contribution in [0.15, 0.2) is 68.5 Å². The Morgan fingerprint density at radius 2 is 2.00 bits per heavy atom. The molecule has 1 amide bonds. The normalized spacial score (nSPS) is 11.7. The summed E-state index contributed by atoms with van der Waals surface area (Å²) in [5.41, 5.74) is 1.80. The molecule has 4 rings (SSSR count). The second-order valence-corrected chi connectivity index (χ2v) is 8.86. The lowest BCUT2D eigenvalue weighted by Gasteiger charge is -2.07. The van der Waals surface area contributed by atoms with Crippen molar-refractivity contribution in [1.29, 1.82) is 0 Å². The number of benzene rings is 2. The number of halogens is 1. The maximum atomic E-state index is 12.2. The van der Waals surface area contributed by atoms with Crippen molar-refractivity contribution in [3.05, 3.63) is 65.6 Å². The van der Waals surface area contributed by atoms with Crippen molar-refractivity contribution in [1.82, 2.24) is 4.98 Å². The Morgan fingerprint density at radius 3 is 2.72 bits per heavy atom. The zero-order valence-corrected chi connectivity index (χ0v) is 16.8. The van der Waals surface area contributed by atoms with Gasteiger partial charge in [0.1, 0.15) is 5.52 Å². The molecule has 0 atom stereocenters. The number of aromatic nitrogens is 1. The van der Waals surface area contributed by atoms with Gasteiger partial charge < -0.3 is 14.2 Å². The third kappa shape index (κ3) is 3.76. The van der Waals surface area contributed by atoms with Crippen LogP contribution in [0.25, 0.3) is 22.6 Å². The topological polar surface area (TPSA) is 102 Å². The molecule has 0 unspecified atom stereocenters. The molecular formula is C20H15ClN2O5S. The summed E-state index contributed by atoms with van der Waals surface area (Å²) < 4.78 is 35.0. The molecule has 0 aliphatic rings. The van der Waals surface area contributed by atoms with E-state index in [-0.39, 0.29) is 22.3 Å². The van der Waals surface area contributed by atoms with Gasteiger partial charge in [-0.25, -0.2) is 13.4 Å². The molecule has 7 nitrogen and oxygen atoms in total. The second-order valence-electron chi connectivity index (χ2n) is 6.18. The molecule has 29 heavy (non-hydrogen) atoms. The third-order valence-corrected chi connectivity index (χ3v) is 6.37. The average molecular weight is 431 g/mol. The van der Waals surface area contributed by atoms with Crippen LogP contribution in [0, 0.1) is 0 Å². The van der Waals surface area contributed by atoms with E-state index in [4.69, 9.17) is 20.4 Å².